The molecule has 2 aliphatic carbocycles. The maximum Gasteiger partial charge on any atom is 0.0586 e. The van der Waals surface area contributed by atoms with Gasteiger partial charge in [-0.25, -0.2) is 5.53 Å². The Morgan fingerprint density at radius 3 is 3.08 bits per heavy atom. The highest BCUT2D eigenvalue weighted by molar-refractivity contribution is 5.09. The second-order valence-corrected chi connectivity index (χ2v) is 4.12. The molecule has 0 bridgehead atoms. The van der Waals surface area contributed by atoms with Crippen LogP contribution < -0.4 is 0 Å². The van der Waals surface area contributed by atoms with E-state index in [1.807, 2.05) is 0 Å². The van der Waals surface area contributed by atoms with Crippen LogP contribution in [0.4, 0.5) is 0 Å². The van der Waals surface area contributed by atoms with Gasteiger partial charge in [0.2, 0.25) is 0 Å². The molecule has 0 radical (unpaired) electrons. The lowest BCUT2D eigenvalue weighted by molar-refractivity contribution is 0.262. The van der Waals surface area contributed by atoms with Crippen molar-refractivity contribution >= 4 is 0 Å². The normalized spacial score (nSPS) is 42.2. The van der Waals surface area contributed by atoms with Crippen molar-refractivity contribution < 1.29 is 5.11 Å². The molecule has 3 heteroatoms. The zero-order valence-corrected chi connectivity index (χ0v) is 7.74. The summed E-state index contributed by atoms with van der Waals surface area (Å²) in [5, 5.41) is 12.6. The largest absolute Gasteiger partial charge is 0.396 e. The summed E-state index contributed by atoms with van der Waals surface area (Å²) in [6.07, 6.45) is 6.49. The fraction of sp³-hybridized carbons (Fsp3) is 0.800. The molecule has 0 aromatic rings. The lowest BCUT2D eigenvalue weighted by Gasteiger charge is -2.04. The standard InChI is InChI=1S/C10H16N2O/c11-12-7-3-1-2-4-8-9(5-7)10(8)6-13/h3,8-11,13H,1-2,4-6H2/b7-3+,12-11?/t8-,9+,10+/m1/s1. The molecule has 0 unspecified atom stereocenters. The molecule has 0 heterocycles. The van der Waals surface area contributed by atoms with Gasteiger partial charge in [-0.15, -0.1) is 0 Å². The highest BCUT2D eigenvalue weighted by atomic mass is 16.3. The third kappa shape index (κ3) is 1.66. The summed E-state index contributed by atoms with van der Waals surface area (Å²) in [4.78, 5) is 0. The van der Waals surface area contributed by atoms with E-state index in [1.54, 1.807) is 0 Å². The quantitative estimate of drug-likeness (QED) is 0.629. The van der Waals surface area contributed by atoms with Crippen LogP contribution in [0.15, 0.2) is 16.9 Å². The fourth-order valence-electron chi connectivity index (χ4n) is 2.56. The summed E-state index contributed by atoms with van der Waals surface area (Å²) in [5.74, 6) is 1.84. The minimum atomic E-state index is 0.320. The number of aliphatic hydroxyl groups is 1. The number of nitrogens with one attached hydrogen (secondary N) is 1. The molecule has 13 heavy (non-hydrogen) atoms. The van der Waals surface area contributed by atoms with E-state index in [4.69, 9.17) is 10.6 Å². The van der Waals surface area contributed by atoms with Gasteiger partial charge in [-0.05, 0) is 43.4 Å². The lowest BCUT2D eigenvalue weighted by Crippen LogP contribution is -1.90. The SMILES string of the molecule is N=N/C1=C/CCC[C@H]2[C@H](CO)[C@H]2C1. The molecule has 0 saturated heterocycles. The number of hydrogen-bond acceptors (Lipinski definition) is 3. The van der Waals surface area contributed by atoms with Crippen LogP contribution in [0.25, 0.3) is 0 Å². The van der Waals surface area contributed by atoms with Crippen molar-refractivity contribution in [2.45, 2.75) is 25.7 Å². The van der Waals surface area contributed by atoms with E-state index in [9.17, 15) is 0 Å². The Kier molecular flexibility index (Phi) is 2.44. The van der Waals surface area contributed by atoms with Crippen molar-refractivity contribution in [1.82, 2.24) is 0 Å². The van der Waals surface area contributed by atoms with Crippen molar-refractivity contribution in [1.29, 1.82) is 5.53 Å². The van der Waals surface area contributed by atoms with Crippen LogP contribution in [-0.4, -0.2) is 11.7 Å². The Hall–Kier alpha value is -0.700. The molecule has 2 N–H and O–H groups in total. The van der Waals surface area contributed by atoms with Gasteiger partial charge in [-0.1, -0.05) is 6.08 Å². The maximum absolute atomic E-state index is 9.08. The second kappa shape index (κ2) is 3.58. The molecule has 0 amide bonds. The molecule has 72 valence electrons. The molecule has 0 aromatic carbocycles. The number of allylic oxidation sites excluding steroid dienone is 2. The first kappa shape index (κ1) is 8.88. The van der Waals surface area contributed by atoms with Gasteiger partial charge in [0.05, 0.1) is 5.70 Å². The Balaban J connectivity index is 2.02. The van der Waals surface area contributed by atoms with Gasteiger partial charge in [0, 0.05) is 6.61 Å². The van der Waals surface area contributed by atoms with Crippen molar-refractivity contribution in [3.63, 3.8) is 0 Å². The van der Waals surface area contributed by atoms with E-state index in [-0.39, 0.29) is 0 Å². The van der Waals surface area contributed by atoms with Crippen LogP contribution in [-0.2, 0) is 0 Å². The summed E-state index contributed by atoms with van der Waals surface area (Å²) < 4.78 is 0. The highest BCUT2D eigenvalue weighted by Crippen LogP contribution is 2.53. The molecule has 0 spiro atoms. The van der Waals surface area contributed by atoms with Crippen molar-refractivity contribution in [3.05, 3.63) is 11.8 Å². The minimum Gasteiger partial charge on any atom is -0.396 e. The van der Waals surface area contributed by atoms with Crippen LogP contribution in [0, 0.1) is 23.3 Å². The van der Waals surface area contributed by atoms with Crippen LogP contribution in [0.3, 0.4) is 0 Å². The predicted molar refractivity (Wildman–Crippen MR) is 49.3 cm³/mol. The molecule has 0 aromatic heterocycles. The van der Waals surface area contributed by atoms with Crippen molar-refractivity contribution in [2.24, 2.45) is 22.9 Å². The van der Waals surface area contributed by atoms with Crippen molar-refractivity contribution in [2.75, 3.05) is 6.61 Å². The molecular formula is C10H16N2O. The summed E-state index contributed by atoms with van der Waals surface area (Å²) in [6, 6.07) is 0. The summed E-state index contributed by atoms with van der Waals surface area (Å²) in [5.41, 5.74) is 7.91. The molecule has 2 aliphatic rings. The maximum atomic E-state index is 9.08. The smallest absolute Gasteiger partial charge is 0.0586 e. The van der Waals surface area contributed by atoms with Crippen molar-refractivity contribution in [3.8, 4) is 0 Å². The number of aliphatic hydroxyl groups excluding tert-OH is 1. The minimum absolute atomic E-state index is 0.320. The first-order valence-electron chi connectivity index (χ1n) is 5.04. The summed E-state index contributed by atoms with van der Waals surface area (Å²) in [7, 11) is 0. The van der Waals surface area contributed by atoms with Crippen LogP contribution in [0.5, 0.6) is 0 Å². The van der Waals surface area contributed by atoms with E-state index in [2.05, 4.69) is 11.2 Å². The van der Waals surface area contributed by atoms with Crippen LogP contribution in [0.1, 0.15) is 25.7 Å². The monoisotopic (exact) mass is 180 g/mol. The number of fused-ring (bicyclic) bond motifs is 1. The Morgan fingerprint density at radius 2 is 2.38 bits per heavy atom. The number of rotatable bonds is 2. The average molecular weight is 180 g/mol. The number of hydrogen-bond donors (Lipinski definition) is 2. The molecule has 3 atom stereocenters. The van der Waals surface area contributed by atoms with Gasteiger partial charge in [0.15, 0.2) is 0 Å². The number of nitrogens with zero attached hydrogens (tertiary/aromatic N) is 1. The van der Waals surface area contributed by atoms with E-state index >= 15 is 0 Å². The third-order valence-corrected chi connectivity index (χ3v) is 3.43. The van der Waals surface area contributed by atoms with Gasteiger partial charge in [-0.2, -0.15) is 5.11 Å². The van der Waals surface area contributed by atoms with E-state index in [0.29, 0.717) is 18.4 Å². The average Bonchev–Trinajstić information content (AvgIpc) is 2.76. The topological polar surface area (TPSA) is 56.4 Å². The Morgan fingerprint density at radius 1 is 1.54 bits per heavy atom. The van der Waals surface area contributed by atoms with Crippen LogP contribution in [0.2, 0.25) is 0 Å². The van der Waals surface area contributed by atoms with E-state index in [1.165, 1.54) is 12.8 Å². The zero-order valence-electron chi connectivity index (χ0n) is 7.74. The Labute approximate surface area is 78.4 Å². The van der Waals surface area contributed by atoms with Gasteiger partial charge in [-0.3, -0.25) is 0 Å². The van der Waals surface area contributed by atoms with Crippen LogP contribution >= 0.6 is 0 Å². The highest BCUT2D eigenvalue weighted by Gasteiger charge is 2.48. The fourth-order valence-corrected chi connectivity index (χ4v) is 2.56. The zero-order chi connectivity index (χ0) is 9.26. The first-order chi connectivity index (χ1) is 6.36. The molecule has 1 fully saturated rings. The second-order valence-electron chi connectivity index (χ2n) is 4.12. The molecule has 0 aliphatic heterocycles. The van der Waals surface area contributed by atoms with E-state index < -0.39 is 0 Å². The van der Waals surface area contributed by atoms with Gasteiger partial charge < -0.3 is 5.11 Å². The Bertz CT molecular complexity index is 237. The molecule has 1 saturated carbocycles. The summed E-state index contributed by atoms with van der Waals surface area (Å²) in [6.45, 7) is 0.320. The molecular weight excluding hydrogens is 164 g/mol. The first-order valence-corrected chi connectivity index (χ1v) is 5.04. The third-order valence-electron chi connectivity index (χ3n) is 3.43. The summed E-state index contributed by atoms with van der Waals surface area (Å²) >= 11 is 0. The van der Waals surface area contributed by atoms with Gasteiger partial charge >= 0.3 is 0 Å². The van der Waals surface area contributed by atoms with E-state index in [0.717, 1.165) is 24.5 Å². The molecule has 2 rings (SSSR count). The molecule has 3 nitrogen and oxygen atoms in total. The van der Waals surface area contributed by atoms with Gasteiger partial charge in [0.1, 0.15) is 0 Å². The lowest BCUT2D eigenvalue weighted by atomic mass is 10.0. The predicted octanol–water partition coefficient (Wildman–Crippen LogP) is 2.33. The van der Waals surface area contributed by atoms with Gasteiger partial charge in [0.25, 0.3) is 0 Å².